The number of carbonyl (C=O) groups excluding carboxylic acids is 4. The van der Waals surface area contributed by atoms with Crippen LogP contribution in [0, 0.1) is 11.3 Å². The Morgan fingerprint density at radius 2 is 1.23 bits per heavy atom. The van der Waals surface area contributed by atoms with Crippen molar-refractivity contribution in [2.75, 3.05) is 19.7 Å². The standard InChI is InChI=1S/C40H54N12O5/c1-23(2)33(37(55)50-31(13-7-19-47-38(43)44)35(53)49-21-24-15-17-25(18-16-24)34(41)42)52-36(54)32(14-8-20-48-39(45)46)51-40(56)57-22-30-28-11-5-3-9-26(28)27-10-4-6-12-29(27)30/h3-6,9-12,15-18,23,30-33H,7-8,13-14,19-22H2,1-2H3,(H3,41,42)(H,49,53)(H,50,55)(H,51,56)(H,52,54)(H4,43,44,47)(H4,45,46,48)/t31-,32-,33-/m0/s1. The van der Waals surface area contributed by atoms with Crippen molar-refractivity contribution in [2.24, 2.45) is 44.6 Å². The highest BCUT2D eigenvalue weighted by molar-refractivity contribution is 5.95. The van der Waals surface area contributed by atoms with Crippen LogP contribution in [0.5, 0.6) is 0 Å². The fourth-order valence-corrected chi connectivity index (χ4v) is 6.49. The zero-order valence-corrected chi connectivity index (χ0v) is 32.3. The van der Waals surface area contributed by atoms with Crippen molar-refractivity contribution in [1.82, 2.24) is 21.3 Å². The maximum Gasteiger partial charge on any atom is 0.407 e. The van der Waals surface area contributed by atoms with Crippen LogP contribution in [0.2, 0.25) is 0 Å². The normalized spacial score (nSPS) is 13.2. The number of nitrogens with two attached hydrogens (primary N) is 5. The lowest BCUT2D eigenvalue weighted by Crippen LogP contribution is -2.58. The molecule has 15 N–H and O–H groups in total. The summed E-state index contributed by atoms with van der Waals surface area (Å²) < 4.78 is 5.72. The predicted octanol–water partition coefficient (Wildman–Crippen LogP) is 1.23. The quantitative estimate of drug-likeness (QED) is 0.0444. The highest BCUT2D eigenvalue weighted by Gasteiger charge is 2.33. The Bertz CT molecular complexity index is 1900. The van der Waals surface area contributed by atoms with Crippen LogP contribution in [0.4, 0.5) is 4.79 Å². The number of hydrogen-bond acceptors (Lipinski definition) is 8. The van der Waals surface area contributed by atoms with Crippen molar-refractivity contribution >= 4 is 41.6 Å². The number of benzene rings is 3. The lowest BCUT2D eigenvalue weighted by molar-refractivity contribution is -0.133. The average Bonchev–Trinajstić information content (AvgIpc) is 3.50. The molecule has 17 heteroatoms. The summed E-state index contributed by atoms with van der Waals surface area (Å²) in [6, 6.07) is 19.5. The summed E-state index contributed by atoms with van der Waals surface area (Å²) in [5.74, 6) is -2.61. The van der Waals surface area contributed by atoms with Gasteiger partial charge in [0.2, 0.25) is 17.7 Å². The first kappa shape index (κ1) is 43.1. The number of guanidine groups is 2. The minimum absolute atomic E-state index is 0.0373. The zero-order chi connectivity index (χ0) is 41.5. The number of nitrogens with one attached hydrogen (secondary N) is 5. The number of fused-ring (bicyclic) bond motifs is 3. The number of amides is 4. The third-order valence-electron chi connectivity index (χ3n) is 9.45. The lowest BCUT2D eigenvalue weighted by atomic mass is 9.98. The Balaban J connectivity index is 1.44. The third-order valence-corrected chi connectivity index (χ3v) is 9.45. The summed E-state index contributed by atoms with van der Waals surface area (Å²) in [5, 5.41) is 18.6. The van der Waals surface area contributed by atoms with E-state index in [-0.39, 0.29) is 62.8 Å². The van der Waals surface area contributed by atoms with Gasteiger partial charge in [-0.15, -0.1) is 0 Å². The van der Waals surface area contributed by atoms with E-state index in [2.05, 4.69) is 31.3 Å². The van der Waals surface area contributed by atoms with Gasteiger partial charge in [0.15, 0.2) is 11.9 Å². The molecular weight excluding hydrogens is 729 g/mol. The molecular formula is C40H54N12O5. The number of hydrogen-bond donors (Lipinski definition) is 10. The smallest absolute Gasteiger partial charge is 0.407 e. The highest BCUT2D eigenvalue weighted by atomic mass is 16.5. The molecule has 4 rings (SSSR count). The fourth-order valence-electron chi connectivity index (χ4n) is 6.49. The molecule has 0 unspecified atom stereocenters. The van der Waals surface area contributed by atoms with Gasteiger partial charge in [-0.05, 0) is 59.4 Å². The van der Waals surface area contributed by atoms with Crippen LogP contribution in [0.15, 0.2) is 82.8 Å². The summed E-state index contributed by atoms with van der Waals surface area (Å²) in [6.07, 6.45) is 0.200. The topological polar surface area (TPSA) is 304 Å². The van der Waals surface area contributed by atoms with Crippen molar-refractivity contribution in [3.63, 3.8) is 0 Å². The molecule has 0 aliphatic heterocycles. The highest BCUT2D eigenvalue weighted by Crippen LogP contribution is 2.44. The summed E-state index contributed by atoms with van der Waals surface area (Å²) in [5.41, 5.74) is 33.0. The zero-order valence-electron chi connectivity index (χ0n) is 32.3. The Kier molecular flexibility index (Phi) is 15.8. The molecule has 4 amide bonds. The van der Waals surface area contributed by atoms with Gasteiger partial charge in [-0.2, -0.15) is 0 Å². The largest absolute Gasteiger partial charge is 0.449 e. The van der Waals surface area contributed by atoms with E-state index in [1.807, 2.05) is 48.5 Å². The first-order valence-corrected chi connectivity index (χ1v) is 18.8. The Labute approximate surface area is 332 Å². The molecule has 1 aliphatic carbocycles. The van der Waals surface area contributed by atoms with Crippen molar-refractivity contribution in [3.8, 4) is 11.1 Å². The van der Waals surface area contributed by atoms with Crippen LogP contribution in [-0.4, -0.2) is 79.4 Å². The van der Waals surface area contributed by atoms with Gasteiger partial charge >= 0.3 is 6.09 Å². The van der Waals surface area contributed by atoms with E-state index in [1.165, 1.54) is 0 Å². The first-order valence-electron chi connectivity index (χ1n) is 18.8. The molecule has 304 valence electrons. The molecule has 0 aromatic heterocycles. The van der Waals surface area contributed by atoms with E-state index in [9.17, 15) is 19.2 Å². The second kappa shape index (κ2) is 20.9. The molecule has 0 radical (unpaired) electrons. The number of amidine groups is 1. The van der Waals surface area contributed by atoms with Crippen molar-refractivity contribution in [3.05, 3.63) is 95.1 Å². The molecule has 0 saturated heterocycles. The minimum atomic E-state index is -1.11. The van der Waals surface area contributed by atoms with Crippen LogP contribution < -0.4 is 49.9 Å². The summed E-state index contributed by atoms with van der Waals surface area (Å²) in [4.78, 5) is 62.3. The fraction of sp³-hybridized carbons (Fsp3) is 0.375. The molecule has 0 heterocycles. The molecule has 0 saturated carbocycles. The predicted molar refractivity (Wildman–Crippen MR) is 220 cm³/mol. The van der Waals surface area contributed by atoms with Gasteiger partial charge in [0, 0.05) is 31.1 Å². The summed E-state index contributed by atoms with van der Waals surface area (Å²) >= 11 is 0. The number of carbonyl (C=O) groups is 4. The van der Waals surface area contributed by atoms with Crippen LogP contribution in [-0.2, 0) is 25.7 Å². The van der Waals surface area contributed by atoms with Gasteiger partial charge in [0.05, 0.1) is 0 Å². The van der Waals surface area contributed by atoms with E-state index >= 15 is 0 Å². The van der Waals surface area contributed by atoms with Crippen molar-refractivity contribution in [2.45, 2.75) is 70.1 Å². The Morgan fingerprint density at radius 3 is 1.74 bits per heavy atom. The van der Waals surface area contributed by atoms with Crippen LogP contribution in [0.3, 0.4) is 0 Å². The maximum absolute atomic E-state index is 13.8. The van der Waals surface area contributed by atoms with Gasteiger partial charge in [-0.1, -0.05) is 86.6 Å². The van der Waals surface area contributed by atoms with Gasteiger partial charge in [-0.25, -0.2) is 4.79 Å². The molecule has 0 spiro atoms. The molecule has 0 fully saturated rings. The Hall–Kier alpha value is -6.65. The van der Waals surface area contributed by atoms with E-state index < -0.39 is 47.9 Å². The van der Waals surface area contributed by atoms with Crippen LogP contribution >= 0.6 is 0 Å². The first-order chi connectivity index (χ1) is 27.2. The minimum Gasteiger partial charge on any atom is -0.449 e. The number of nitrogens with zero attached hydrogens (tertiary/aromatic N) is 2. The summed E-state index contributed by atoms with van der Waals surface area (Å²) in [6.45, 7) is 4.10. The monoisotopic (exact) mass is 782 g/mol. The van der Waals surface area contributed by atoms with Gasteiger partial charge < -0.3 is 54.7 Å². The molecule has 57 heavy (non-hydrogen) atoms. The molecule has 17 nitrogen and oxygen atoms in total. The van der Waals surface area contributed by atoms with Gasteiger partial charge in [-0.3, -0.25) is 29.8 Å². The average molecular weight is 783 g/mol. The van der Waals surface area contributed by atoms with Crippen molar-refractivity contribution in [1.29, 1.82) is 5.41 Å². The lowest BCUT2D eigenvalue weighted by Gasteiger charge is -2.27. The van der Waals surface area contributed by atoms with Gasteiger partial charge in [0.1, 0.15) is 30.6 Å². The van der Waals surface area contributed by atoms with E-state index in [1.54, 1.807) is 38.1 Å². The Morgan fingerprint density at radius 1 is 0.702 bits per heavy atom. The SMILES string of the molecule is CC(C)[C@H](NC(=O)[C@H](CCCN=C(N)N)NC(=O)OCC1c2ccccc2-c2ccccc21)C(=O)N[C@@H](CCCN=C(N)N)C(=O)NCc1ccc(C(=N)N)cc1. The van der Waals surface area contributed by atoms with Crippen LogP contribution in [0.1, 0.15) is 67.7 Å². The van der Waals surface area contributed by atoms with Crippen LogP contribution in [0.25, 0.3) is 11.1 Å². The second-order valence-electron chi connectivity index (χ2n) is 14.0. The third kappa shape index (κ3) is 12.7. The molecule has 0 bridgehead atoms. The number of alkyl carbamates (subject to hydrolysis) is 1. The number of rotatable bonds is 20. The number of nitrogen functional groups attached to an aromatic ring is 1. The number of ether oxygens (including phenoxy) is 1. The van der Waals surface area contributed by atoms with Crippen molar-refractivity contribution < 1.29 is 23.9 Å². The molecule has 3 atom stereocenters. The van der Waals surface area contributed by atoms with E-state index in [4.69, 9.17) is 38.8 Å². The number of aliphatic imine (C=N–C) groups is 2. The molecule has 1 aliphatic rings. The van der Waals surface area contributed by atoms with E-state index in [0.29, 0.717) is 18.4 Å². The molecule has 3 aromatic carbocycles. The molecule has 3 aromatic rings. The maximum atomic E-state index is 13.8. The summed E-state index contributed by atoms with van der Waals surface area (Å²) in [7, 11) is 0. The van der Waals surface area contributed by atoms with E-state index in [0.717, 1.165) is 27.8 Å². The van der Waals surface area contributed by atoms with Gasteiger partial charge in [0.25, 0.3) is 0 Å². The second-order valence-corrected chi connectivity index (χ2v) is 14.0.